The number of hydrogen-bond donors (Lipinski definition) is 2. The van der Waals surface area contributed by atoms with Crippen molar-refractivity contribution in [2.75, 3.05) is 4.72 Å². The van der Waals surface area contributed by atoms with E-state index in [2.05, 4.69) is 9.97 Å². The van der Waals surface area contributed by atoms with Crippen molar-refractivity contribution in [3.05, 3.63) is 87.1 Å². The maximum atomic E-state index is 15.0. The molecule has 1 saturated carbocycles. The van der Waals surface area contributed by atoms with E-state index in [1.165, 1.54) is 34.9 Å². The van der Waals surface area contributed by atoms with Gasteiger partial charge in [0.05, 0.1) is 27.0 Å². The van der Waals surface area contributed by atoms with Gasteiger partial charge in [0.15, 0.2) is 5.69 Å². The lowest BCUT2D eigenvalue weighted by Crippen LogP contribution is -2.07. The predicted octanol–water partition coefficient (Wildman–Crippen LogP) is 6.15. The van der Waals surface area contributed by atoms with E-state index in [-0.39, 0.29) is 17.8 Å². The van der Waals surface area contributed by atoms with Gasteiger partial charge in [-0.25, -0.2) is 28.2 Å². The quantitative estimate of drug-likeness (QED) is 0.178. The summed E-state index contributed by atoms with van der Waals surface area (Å²) < 4.78 is 55.6. The van der Waals surface area contributed by atoms with Crippen molar-refractivity contribution >= 4 is 45.6 Å². The molecule has 3 aromatic heterocycles. The van der Waals surface area contributed by atoms with Gasteiger partial charge in [0.25, 0.3) is 0 Å². The van der Waals surface area contributed by atoms with Crippen LogP contribution >= 0.6 is 22.7 Å². The Bertz CT molecular complexity index is 1850. The lowest BCUT2D eigenvalue weighted by Gasteiger charge is -2.12. The molecule has 1 aliphatic carbocycles. The lowest BCUT2D eigenvalue weighted by atomic mass is 9.96. The van der Waals surface area contributed by atoms with Crippen molar-refractivity contribution < 1.29 is 27.4 Å². The first-order valence-corrected chi connectivity index (χ1v) is 15.6. The summed E-state index contributed by atoms with van der Waals surface area (Å²) in [6, 6.07) is 8.96. The third-order valence-corrected chi connectivity index (χ3v) is 9.04. The number of benzene rings is 2. The molecule has 1 atom stereocenters. The molecule has 0 radical (unpaired) electrons. The number of rotatable bonds is 10. The molecule has 0 amide bonds. The van der Waals surface area contributed by atoms with Gasteiger partial charge in [-0.2, -0.15) is 5.10 Å². The van der Waals surface area contributed by atoms with E-state index in [4.69, 9.17) is 5.10 Å². The first-order chi connectivity index (χ1) is 20.2. The molecular weight excluding hydrogens is 605 g/mol. The number of aromatic nitrogens is 4. The van der Waals surface area contributed by atoms with Gasteiger partial charge in [0.2, 0.25) is 5.13 Å². The summed E-state index contributed by atoms with van der Waals surface area (Å²) in [6.07, 6.45) is 4.56. The van der Waals surface area contributed by atoms with E-state index >= 15 is 4.39 Å². The van der Waals surface area contributed by atoms with Crippen LogP contribution in [0.2, 0.25) is 0 Å². The topological polar surface area (TPSA) is 133 Å². The fraction of sp³-hybridized carbons (Fsp3) is 0.214. The van der Waals surface area contributed by atoms with E-state index < -0.39 is 28.9 Å². The van der Waals surface area contributed by atoms with Gasteiger partial charge in [-0.15, -0.1) is 22.7 Å². The largest absolute Gasteiger partial charge is 0.755 e. The number of thiazole rings is 2. The number of nitrogens with one attached hydrogen (secondary N) is 1. The number of anilines is 1. The van der Waals surface area contributed by atoms with Crippen molar-refractivity contribution in [3.63, 3.8) is 0 Å². The Morgan fingerprint density at radius 3 is 2.67 bits per heavy atom. The Morgan fingerprint density at radius 2 is 2.02 bits per heavy atom. The number of halogens is 2. The summed E-state index contributed by atoms with van der Waals surface area (Å²) in [7, 11) is 0. The molecule has 3 heterocycles. The molecule has 14 heteroatoms. The molecular formula is C28H22F2N5O4S3-. The molecule has 1 fully saturated rings. The van der Waals surface area contributed by atoms with Crippen molar-refractivity contribution in [2.24, 2.45) is 5.92 Å². The van der Waals surface area contributed by atoms with E-state index in [9.17, 15) is 23.1 Å². The zero-order valence-electron chi connectivity index (χ0n) is 22.0. The average molecular weight is 627 g/mol. The van der Waals surface area contributed by atoms with Crippen LogP contribution in [0.25, 0.3) is 26.8 Å². The Hall–Kier alpha value is -3.85. The standard InChI is InChI=1S/C28H23F2N5O4S3/c1-14-31-12-25(41-14)18-11-17(5-6-20(18)29)26-19(8-16-4-7-22(21(30)9-16)34-42(38)39)24(10-15-2-3-15)35(33-26)28-32-23(13-40-28)27(36)37/h4-7,9,11-13,15,34H,2-3,8,10H2,1H3,(H,36,37)(H,38,39)/p-1. The third-order valence-electron chi connectivity index (χ3n) is 6.90. The summed E-state index contributed by atoms with van der Waals surface area (Å²) >= 11 is -0.162. The lowest BCUT2D eigenvalue weighted by molar-refractivity contribution is 0.0691. The van der Waals surface area contributed by atoms with E-state index in [0.29, 0.717) is 44.7 Å². The number of hydrogen-bond acceptors (Lipinski definition) is 8. The maximum absolute atomic E-state index is 15.0. The van der Waals surface area contributed by atoms with Gasteiger partial charge in [0.1, 0.15) is 11.6 Å². The highest BCUT2D eigenvalue weighted by Crippen LogP contribution is 2.39. The van der Waals surface area contributed by atoms with Crippen LogP contribution in [0.4, 0.5) is 14.5 Å². The SMILES string of the molecule is Cc1ncc(-c2cc(-c3nn(-c4nc(C(=O)O)cs4)c(CC4CC4)c3Cc3ccc(NS(=O)[O-])c(F)c3)ccc2F)s1. The maximum Gasteiger partial charge on any atom is 0.355 e. The Morgan fingerprint density at radius 1 is 1.21 bits per heavy atom. The number of aromatic carboxylic acids is 1. The zero-order valence-corrected chi connectivity index (χ0v) is 24.4. The predicted molar refractivity (Wildman–Crippen MR) is 156 cm³/mol. The van der Waals surface area contributed by atoms with Crippen molar-refractivity contribution in [1.82, 2.24) is 19.7 Å². The molecule has 0 spiro atoms. The van der Waals surface area contributed by atoms with E-state index in [1.807, 2.05) is 11.6 Å². The van der Waals surface area contributed by atoms with Crippen LogP contribution in [0.3, 0.4) is 0 Å². The molecule has 0 bridgehead atoms. The normalized spacial score (nSPS) is 13.8. The van der Waals surface area contributed by atoms with Crippen molar-refractivity contribution in [1.29, 1.82) is 0 Å². The van der Waals surface area contributed by atoms with Gasteiger partial charge in [-0.05, 0) is 68.0 Å². The minimum atomic E-state index is -2.68. The minimum absolute atomic E-state index is 0.100. The Balaban J connectivity index is 1.52. The smallest absolute Gasteiger partial charge is 0.355 e. The van der Waals surface area contributed by atoms with E-state index in [0.717, 1.165) is 40.4 Å². The van der Waals surface area contributed by atoms with Crippen LogP contribution in [0, 0.1) is 24.5 Å². The first-order valence-electron chi connectivity index (χ1n) is 12.8. The highest BCUT2D eigenvalue weighted by molar-refractivity contribution is 7.80. The van der Waals surface area contributed by atoms with Gasteiger partial charge in [-0.3, -0.25) is 4.21 Å². The van der Waals surface area contributed by atoms with E-state index in [1.54, 1.807) is 29.1 Å². The summed E-state index contributed by atoms with van der Waals surface area (Å²) in [5.41, 5.74) is 3.39. The van der Waals surface area contributed by atoms with Crippen molar-refractivity contribution in [3.8, 4) is 26.8 Å². The molecule has 2 N–H and O–H groups in total. The van der Waals surface area contributed by atoms with Crippen LogP contribution < -0.4 is 4.72 Å². The van der Waals surface area contributed by atoms with Gasteiger partial charge < -0.3 is 14.4 Å². The van der Waals surface area contributed by atoms with Crippen LogP contribution in [0.15, 0.2) is 48.0 Å². The number of nitrogens with zero attached hydrogens (tertiary/aromatic N) is 4. The van der Waals surface area contributed by atoms with Gasteiger partial charge >= 0.3 is 5.97 Å². The molecule has 42 heavy (non-hydrogen) atoms. The fourth-order valence-electron chi connectivity index (χ4n) is 4.72. The molecule has 0 aliphatic heterocycles. The van der Waals surface area contributed by atoms with Crippen LogP contribution in [-0.2, 0) is 24.1 Å². The second-order valence-corrected chi connectivity index (χ2v) is 12.7. The molecule has 2 aromatic carbocycles. The summed E-state index contributed by atoms with van der Waals surface area (Å²) in [6.45, 7) is 1.84. The summed E-state index contributed by atoms with van der Waals surface area (Å²) in [5, 5.41) is 17.0. The zero-order chi connectivity index (χ0) is 29.5. The molecule has 0 saturated heterocycles. The van der Waals surface area contributed by atoms with Crippen LogP contribution in [0.1, 0.15) is 45.2 Å². The molecule has 216 valence electrons. The second-order valence-electron chi connectivity index (χ2n) is 9.92. The molecule has 1 aliphatic rings. The molecule has 6 rings (SSSR count). The monoisotopic (exact) mass is 626 g/mol. The Kier molecular flexibility index (Phi) is 7.70. The average Bonchev–Trinajstić information content (AvgIpc) is 3.29. The second kappa shape index (κ2) is 11.4. The number of carboxylic acid groups (broad SMARTS) is 1. The van der Waals surface area contributed by atoms with Gasteiger partial charge in [-0.1, -0.05) is 6.07 Å². The highest BCUT2D eigenvalue weighted by atomic mass is 32.2. The van der Waals surface area contributed by atoms with Crippen molar-refractivity contribution in [2.45, 2.75) is 32.6 Å². The van der Waals surface area contributed by atoms with Crippen LogP contribution in [0.5, 0.6) is 0 Å². The highest BCUT2D eigenvalue weighted by Gasteiger charge is 2.29. The summed E-state index contributed by atoms with van der Waals surface area (Å²) in [4.78, 5) is 20.8. The minimum Gasteiger partial charge on any atom is -0.755 e. The molecule has 5 aromatic rings. The van der Waals surface area contributed by atoms with Gasteiger partial charge in [0, 0.05) is 46.0 Å². The van der Waals surface area contributed by atoms with Crippen LogP contribution in [-0.4, -0.2) is 39.6 Å². The first kappa shape index (κ1) is 28.3. The molecule has 9 nitrogen and oxygen atoms in total. The number of aryl methyl sites for hydroxylation is 1. The summed E-state index contributed by atoms with van der Waals surface area (Å²) in [5.74, 6) is -1.89. The number of carbonyl (C=O) groups is 1. The Labute approximate surface area is 249 Å². The third kappa shape index (κ3) is 5.88. The fourth-order valence-corrected chi connectivity index (χ4v) is 6.63. The number of carboxylic acids is 1. The molecule has 1 unspecified atom stereocenters.